The number of nitrogens with zero attached hydrogens (tertiary/aromatic N) is 5. The van der Waals surface area contributed by atoms with Crippen LogP contribution < -0.4 is 15.5 Å². The van der Waals surface area contributed by atoms with Crippen LogP contribution in [0.25, 0.3) is 0 Å². The molecule has 8 heteroatoms. The van der Waals surface area contributed by atoms with E-state index in [4.69, 9.17) is 0 Å². The van der Waals surface area contributed by atoms with Gasteiger partial charge in [-0.05, 0) is 39.3 Å². The zero-order chi connectivity index (χ0) is 19.1. The monoisotopic (exact) mass is 485 g/mol. The molecule has 0 radical (unpaired) electrons. The third-order valence-corrected chi connectivity index (χ3v) is 4.67. The molecule has 27 heavy (non-hydrogen) atoms. The molecule has 2 rings (SSSR count). The van der Waals surface area contributed by atoms with Crippen LogP contribution in [0.2, 0.25) is 0 Å². The highest BCUT2D eigenvalue weighted by Crippen LogP contribution is 2.12. The van der Waals surface area contributed by atoms with Crippen LogP contribution in [0, 0.1) is 13.8 Å². The number of anilines is 1. The molecule has 7 nitrogen and oxygen atoms in total. The zero-order valence-corrected chi connectivity index (χ0v) is 19.5. The molecule has 2 aromatic heterocycles. The van der Waals surface area contributed by atoms with Crippen molar-refractivity contribution < 1.29 is 0 Å². The second kappa shape index (κ2) is 11.1. The average molecular weight is 485 g/mol. The van der Waals surface area contributed by atoms with Gasteiger partial charge in [-0.1, -0.05) is 6.07 Å². The Hall–Kier alpha value is -1.84. The Bertz CT molecular complexity index is 733. The predicted molar refractivity (Wildman–Crippen MR) is 123 cm³/mol. The average Bonchev–Trinajstić information content (AvgIpc) is 2.89. The van der Waals surface area contributed by atoms with Crippen LogP contribution in [0.5, 0.6) is 0 Å². The lowest BCUT2D eigenvalue weighted by Crippen LogP contribution is -2.36. The predicted octanol–water partition coefficient (Wildman–Crippen LogP) is 2.76. The molecule has 0 amide bonds. The van der Waals surface area contributed by atoms with E-state index < -0.39 is 0 Å². The molecule has 2 heterocycles. The Kier molecular flexibility index (Phi) is 9.54. The third-order valence-electron chi connectivity index (χ3n) is 4.67. The van der Waals surface area contributed by atoms with Gasteiger partial charge in [0.05, 0.1) is 5.69 Å². The first kappa shape index (κ1) is 23.2. The summed E-state index contributed by atoms with van der Waals surface area (Å²) in [5.41, 5.74) is 4.55. The van der Waals surface area contributed by atoms with Gasteiger partial charge in [0.15, 0.2) is 5.96 Å². The minimum Gasteiger partial charge on any atom is -0.357 e. The molecule has 0 saturated heterocycles. The van der Waals surface area contributed by atoms with Crippen LogP contribution >= 0.6 is 24.0 Å². The van der Waals surface area contributed by atoms with Gasteiger partial charge in [-0.3, -0.25) is 9.67 Å². The molecule has 0 unspecified atom stereocenters. The topological polar surface area (TPSA) is 70.4 Å². The molecule has 0 aliphatic carbocycles. The smallest absolute Gasteiger partial charge is 0.191 e. The molecule has 150 valence electrons. The molecular formula is C19H32IN7. The van der Waals surface area contributed by atoms with Crippen LogP contribution in [0.3, 0.4) is 0 Å². The van der Waals surface area contributed by atoms with Crippen molar-refractivity contribution >= 4 is 35.8 Å². The Morgan fingerprint density at radius 3 is 2.30 bits per heavy atom. The van der Waals surface area contributed by atoms with E-state index in [-0.39, 0.29) is 24.0 Å². The summed E-state index contributed by atoms with van der Waals surface area (Å²) in [4.78, 5) is 11.1. The summed E-state index contributed by atoms with van der Waals surface area (Å²) in [5.74, 6) is 1.78. The standard InChI is InChI=1S/C19H31N7.HI/c1-7-26(8-2)18-10-9-16(11-21-18)12-22-19(20-5)23-13-17-14(3)24-25(6)15(17)4;/h9-11H,7-8,12-13H2,1-6H3,(H2,20,22,23);1H. The van der Waals surface area contributed by atoms with Crippen molar-refractivity contribution in [3.8, 4) is 0 Å². The number of nitrogens with one attached hydrogen (secondary N) is 2. The fourth-order valence-electron chi connectivity index (χ4n) is 2.91. The largest absolute Gasteiger partial charge is 0.357 e. The highest BCUT2D eigenvalue weighted by atomic mass is 127. The summed E-state index contributed by atoms with van der Waals surface area (Å²) in [6.45, 7) is 11.7. The van der Waals surface area contributed by atoms with Crippen molar-refractivity contribution in [1.29, 1.82) is 0 Å². The van der Waals surface area contributed by atoms with Gasteiger partial charge in [0, 0.05) is 57.7 Å². The lowest BCUT2D eigenvalue weighted by molar-refractivity contribution is 0.728. The van der Waals surface area contributed by atoms with E-state index in [9.17, 15) is 0 Å². The number of guanidine groups is 1. The van der Waals surface area contributed by atoms with Crippen LogP contribution in [0.15, 0.2) is 23.3 Å². The first-order chi connectivity index (χ1) is 12.5. The summed E-state index contributed by atoms with van der Waals surface area (Å²) in [5, 5.41) is 11.1. The number of aliphatic imine (C=N–C) groups is 1. The van der Waals surface area contributed by atoms with E-state index in [0.717, 1.165) is 36.1 Å². The minimum atomic E-state index is 0. The Balaban J connectivity index is 0.00000364. The summed E-state index contributed by atoms with van der Waals surface area (Å²) in [6, 6.07) is 4.18. The molecule has 0 aliphatic heterocycles. The lowest BCUT2D eigenvalue weighted by Gasteiger charge is -2.19. The number of aryl methyl sites for hydroxylation is 2. The van der Waals surface area contributed by atoms with E-state index in [1.165, 1.54) is 11.3 Å². The number of rotatable bonds is 7. The van der Waals surface area contributed by atoms with Crippen molar-refractivity contribution in [3.05, 3.63) is 40.8 Å². The third kappa shape index (κ3) is 6.08. The van der Waals surface area contributed by atoms with Gasteiger partial charge in [0.25, 0.3) is 0 Å². The lowest BCUT2D eigenvalue weighted by atomic mass is 10.2. The van der Waals surface area contributed by atoms with E-state index in [1.807, 2.05) is 24.9 Å². The van der Waals surface area contributed by atoms with Crippen molar-refractivity contribution in [2.75, 3.05) is 25.0 Å². The molecule has 0 aromatic carbocycles. The van der Waals surface area contributed by atoms with Gasteiger partial charge < -0.3 is 15.5 Å². The van der Waals surface area contributed by atoms with Crippen molar-refractivity contribution in [1.82, 2.24) is 25.4 Å². The second-order valence-electron chi connectivity index (χ2n) is 6.25. The van der Waals surface area contributed by atoms with Gasteiger partial charge in [-0.25, -0.2) is 4.98 Å². The Morgan fingerprint density at radius 2 is 1.81 bits per heavy atom. The van der Waals surface area contributed by atoms with E-state index in [1.54, 1.807) is 7.05 Å². The fraction of sp³-hybridized carbons (Fsp3) is 0.526. The molecule has 0 atom stereocenters. The normalized spacial score (nSPS) is 11.1. The quantitative estimate of drug-likeness (QED) is 0.359. The van der Waals surface area contributed by atoms with E-state index in [0.29, 0.717) is 13.1 Å². The fourth-order valence-corrected chi connectivity index (χ4v) is 2.91. The highest BCUT2D eigenvalue weighted by Gasteiger charge is 2.10. The summed E-state index contributed by atoms with van der Waals surface area (Å²) in [6.07, 6.45) is 1.92. The Labute approximate surface area is 179 Å². The number of hydrogen-bond acceptors (Lipinski definition) is 4. The summed E-state index contributed by atoms with van der Waals surface area (Å²) < 4.78 is 1.91. The van der Waals surface area contributed by atoms with Gasteiger partial charge in [0.1, 0.15) is 5.82 Å². The maximum absolute atomic E-state index is 4.56. The molecule has 0 bridgehead atoms. The molecular weight excluding hydrogens is 453 g/mol. The van der Waals surface area contributed by atoms with Crippen LogP contribution in [0.4, 0.5) is 5.82 Å². The number of aromatic nitrogens is 3. The summed E-state index contributed by atoms with van der Waals surface area (Å²) in [7, 11) is 3.74. The molecule has 0 fully saturated rings. The first-order valence-corrected chi connectivity index (χ1v) is 9.13. The van der Waals surface area contributed by atoms with Gasteiger partial charge in [-0.2, -0.15) is 5.10 Å². The maximum atomic E-state index is 4.56. The molecule has 0 aliphatic rings. The van der Waals surface area contributed by atoms with E-state index >= 15 is 0 Å². The molecule has 0 spiro atoms. The van der Waals surface area contributed by atoms with Gasteiger partial charge in [0.2, 0.25) is 0 Å². The molecule has 2 N–H and O–H groups in total. The number of hydrogen-bond donors (Lipinski definition) is 2. The zero-order valence-electron chi connectivity index (χ0n) is 17.2. The number of pyridine rings is 1. The summed E-state index contributed by atoms with van der Waals surface area (Å²) >= 11 is 0. The van der Waals surface area contributed by atoms with Crippen molar-refractivity contribution in [2.45, 2.75) is 40.8 Å². The van der Waals surface area contributed by atoms with Gasteiger partial charge >= 0.3 is 0 Å². The highest BCUT2D eigenvalue weighted by molar-refractivity contribution is 14.0. The first-order valence-electron chi connectivity index (χ1n) is 9.13. The second-order valence-corrected chi connectivity index (χ2v) is 6.25. The van der Waals surface area contributed by atoms with Gasteiger partial charge in [-0.15, -0.1) is 24.0 Å². The molecule has 2 aromatic rings. The van der Waals surface area contributed by atoms with Crippen molar-refractivity contribution in [3.63, 3.8) is 0 Å². The van der Waals surface area contributed by atoms with Crippen molar-refractivity contribution in [2.24, 2.45) is 12.0 Å². The maximum Gasteiger partial charge on any atom is 0.191 e. The van der Waals surface area contributed by atoms with Crippen LogP contribution in [-0.4, -0.2) is 40.9 Å². The van der Waals surface area contributed by atoms with Crippen LogP contribution in [-0.2, 0) is 20.1 Å². The number of halogens is 1. The molecule has 0 saturated carbocycles. The minimum absolute atomic E-state index is 0. The Morgan fingerprint density at radius 1 is 1.15 bits per heavy atom. The van der Waals surface area contributed by atoms with Crippen LogP contribution in [0.1, 0.15) is 36.4 Å². The van der Waals surface area contributed by atoms with E-state index in [2.05, 4.69) is 63.5 Å². The SMILES string of the molecule is CCN(CC)c1ccc(CNC(=NC)NCc2c(C)nn(C)c2C)cn1.I.